The van der Waals surface area contributed by atoms with Crippen LogP contribution in [0.1, 0.15) is 17.3 Å². The molecule has 1 N–H and O–H groups in total. The second-order valence-electron chi connectivity index (χ2n) is 7.00. The number of morpholine rings is 1. The summed E-state index contributed by atoms with van der Waals surface area (Å²) in [5, 5.41) is 3.49. The minimum atomic E-state index is -0.224. The minimum Gasteiger partial charge on any atom is -0.379 e. The number of hydrogen-bond donors (Lipinski definition) is 1. The Hall–Kier alpha value is -2.41. The zero-order valence-electron chi connectivity index (χ0n) is 15.8. The Morgan fingerprint density at radius 1 is 1.21 bits per heavy atom. The zero-order chi connectivity index (χ0) is 19.5. The lowest BCUT2D eigenvalue weighted by molar-refractivity contribution is 0.0172. The van der Waals surface area contributed by atoms with Crippen LogP contribution >= 0.6 is 11.6 Å². The molecule has 2 aromatic carbocycles. The van der Waals surface area contributed by atoms with Crippen LogP contribution in [-0.4, -0.2) is 52.7 Å². The van der Waals surface area contributed by atoms with E-state index in [1.54, 1.807) is 24.3 Å². The fraction of sp³-hybridized carbons (Fsp3) is 0.333. The standard InChI is InChI=1S/C21H23ClN4O2/c1-15(25-9-11-28-12-10-25)14-26-19-8-3-2-7-18(19)23-21(26)24-20(27)16-5-4-6-17(22)13-16/h2-8,13,15H,9-12,14H2,1H3,(H,23,24,27). The van der Waals surface area contributed by atoms with Crippen molar-refractivity contribution >= 4 is 34.5 Å². The number of imidazole rings is 1. The highest BCUT2D eigenvalue weighted by molar-refractivity contribution is 6.31. The first-order chi connectivity index (χ1) is 13.6. The number of carbonyl (C=O) groups excluding carboxylic acids is 1. The van der Waals surface area contributed by atoms with Gasteiger partial charge in [-0.2, -0.15) is 0 Å². The van der Waals surface area contributed by atoms with Crippen molar-refractivity contribution in [2.75, 3.05) is 31.6 Å². The molecule has 1 aliphatic rings. The van der Waals surface area contributed by atoms with Gasteiger partial charge < -0.3 is 9.30 Å². The van der Waals surface area contributed by atoms with Crippen LogP contribution in [0.2, 0.25) is 5.02 Å². The molecule has 0 bridgehead atoms. The van der Waals surface area contributed by atoms with Gasteiger partial charge in [-0.3, -0.25) is 15.0 Å². The van der Waals surface area contributed by atoms with Gasteiger partial charge in [0.25, 0.3) is 5.91 Å². The monoisotopic (exact) mass is 398 g/mol. The van der Waals surface area contributed by atoms with E-state index < -0.39 is 0 Å². The van der Waals surface area contributed by atoms with Crippen molar-refractivity contribution in [1.82, 2.24) is 14.5 Å². The number of aromatic nitrogens is 2. The van der Waals surface area contributed by atoms with E-state index >= 15 is 0 Å². The van der Waals surface area contributed by atoms with E-state index in [1.165, 1.54) is 0 Å². The van der Waals surface area contributed by atoms with Crippen molar-refractivity contribution in [3.8, 4) is 0 Å². The first kappa shape index (κ1) is 18.9. The third-order valence-electron chi connectivity index (χ3n) is 5.08. The number of para-hydroxylation sites is 2. The van der Waals surface area contributed by atoms with Gasteiger partial charge in [-0.15, -0.1) is 0 Å². The Kier molecular flexibility index (Phi) is 5.62. The zero-order valence-corrected chi connectivity index (χ0v) is 16.5. The van der Waals surface area contributed by atoms with Gasteiger partial charge >= 0.3 is 0 Å². The number of fused-ring (bicyclic) bond motifs is 1. The molecule has 4 rings (SSSR count). The van der Waals surface area contributed by atoms with Crippen molar-refractivity contribution in [2.24, 2.45) is 0 Å². The molecule has 0 aliphatic carbocycles. The van der Waals surface area contributed by atoms with Crippen LogP contribution in [0.5, 0.6) is 0 Å². The van der Waals surface area contributed by atoms with Crippen LogP contribution in [0.3, 0.4) is 0 Å². The molecule has 1 aliphatic heterocycles. The number of nitrogens with zero attached hydrogens (tertiary/aromatic N) is 3. The van der Waals surface area contributed by atoms with E-state index in [4.69, 9.17) is 16.3 Å². The van der Waals surface area contributed by atoms with E-state index in [2.05, 4.69) is 26.7 Å². The molecule has 0 spiro atoms. The molecule has 6 nitrogen and oxygen atoms in total. The molecule has 3 aromatic rings. The topological polar surface area (TPSA) is 59.4 Å². The summed E-state index contributed by atoms with van der Waals surface area (Å²) in [6.07, 6.45) is 0. The minimum absolute atomic E-state index is 0.224. The highest BCUT2D eigenvalue weighted by Gasteiger charge is 2.21. The summed E-state index contributed by atoms with van der Waals surface area (Å²) < 4.78 is 7.54. The van der Waals surface area contributed by atoms with E-state index in [0.29, 0.717) is 22.6 Å². The number of carbonyl (C=O) groups is 1. The normalized spacial score (nSPS) is 16.2. The van der Waals surface area contributed by atoms with Crippen LogP contribution in [0.15, 0.2) is 48.5 Å². The molecule has 1 unspecified atom stereocenters. The van der Waals surface area contributed by atoms with Gasteiger partial charge in [0.05, 0.1) is 24.2 Å². The predicted octanol–water partition coefficient (Wildman–Crippen LogP) is 3.66. The summed E-state index contributed by atoms with van der Waals surface area (Å²) in [5.74, 6) is 0.323. The van der Waals surface area contributed by atoms with Gasteiger partial charge in [-0.05, 0) is 37.3 Å². The van der Waals surface area contributed by atoms with Gasteiger partial charge in [0.2, 0.25) is 5.95 Å². The Balaban J connectivity index is 1.62. The predicted molar refractivity (Wildman–Crippen MR) is 111 cm³/mol. The van der Waals surface area contributed by atoms with Crippen LogP contribution < -0.4 is 5.32 Å². The average molecular weight is 399 g/mol. The van der Waals surface area contributed by atoms with Crippen LogP contribution in [0, 0.1) is 0 Å². The number of nitrogens with one attached hydrogen (secondary N) is 1. The lowest BCUT2D eigenvalue weighted by Gasteiger charge is -2.32. The average Bonchev–Trinajstić information content (AvgIpc) is 3.05. The summed E-state index contributed by atoms with van der Waals surface area (Å²) in [6, 6.07) is 15.1. The van der Waals surface area contributed by atoms with Crippen molar-refractivity contribution in [1.29, 1.82) is 0 Å². The van der Waals surface area contributed by atoms with E-state index in [0.717, 1.165) is 43.9 Å². The summed E-state index contributed by atoms with van der Waals surface area (Å²) in [7, 11) is 0. The summed E-state index contributed by atoms with van der Waals surface area (Å²) in [6.45, 7) is 6.27. The van der Waals surface area contributed by atoms with E-state index in [-0.39, 0.29) is 5.91 Å². The summed E-state index contributed by atoms with van der Waals surface area (Å²) in [5.41, 5.74) is 2.37. The van der Waals surface area contributed by atoms with Gasteiger partial charge in [0.15, 0.2) is 0 Å². The lowest BCUT2D eigenvalue weighted by Crippen LogP contribution is -2.44. The van der Waals surface area contributed by atoms with Crippen LogP contribution in [0.4, 0.5) is 5.95 Å². The number of amides is 1. The molecule has 28 heavy (non-hydrogen) atoms. The van der Waals surface area contributed by atoms with Crippen molar-refractivity contribution in [3.05, 3.63) is 59.1 Å². The highest BCUT2D eigenvalue weighted by atomic mass is 35.5. The molecule has 0 saturated carbocycles. The number of ether oxygens (including phenoxy) is 1. The van der Waals surface area contributed by atoms with Crippen molar-refractivity contribution in [2.45, 2.75) is 19.5 Å². The van der Waals surface area contributed by atoms with E-state index in [1.807, 2.05) is 24.3 Å². The number of halogens is 1. The van der Waals surface area contributed by atoms with Gasteiger partial charge in [-0.25, -0.2) is 4.98 Å². The van der Waals surface area contributed by atoms with Gasteiger partial charge in [0.1, 0.15) is 0 Å². The highest BCUT2D eigenvalue weighted by Crippen LogP contribution is 2.22. The maximum absolute atomic E-state index is 12.7. The van der Waals surface area contributed by atoms with Crippen molar-refractivity contribution in [3.63, 3.8) is 0 Å². The summed E-state index contributed by atoms with van der Waals surface area (Å²) >= 11 is 6.03. The molecule has 1 atom stereocenters. The maximum atomic E-state index is 12.7. The first-order valence-electron chi connectivity index (χ1n) is 9.46. The Labute approximate surface area is 169 Å². The fourth-order valence-electron chi connectivity index (χ4n) is 3.56. The number of benzene rings is 2. The molecule has 1 amide bonds. The summed E-state index contributed by atoms with van der Waals surface area (Å²) in [4.78, 5) is 19.8. The molecule has 1 saturated heterocycles. The maximum Gasteiger partial charge on any atom is 0.258 e. The first-order valence-corrected chi connectivity index (χ1v) is 9.83. The SMILES string of the molecule is CC(Cn1c(NC(=O)c2cccc(Cl)c2)nc2ccccc21)N1CCOCC1. The molecular weight excluding hydrogens is 376 g/mol. The van der Waals surface area contributed by atoms with Crippen molar-refractivity contribution < 1.29 is 9.53 Å². The third-order valence-corrected chi connectivity index (χ3v) is 5.32. The molecule has 1 fully saturated rings. The fourth-order valence-corrected chi connectivity index (χ4v) is 3.75. The second kappa shape index (κ2) is 8.31. The van der Waals surface area contributed by atoms with Gasteiger partial charge in [0, 0.05) is 36.3 Å². The molecule has 0 radical (unpaired) electrons. The smallest absolute Gasteiger partial charge is 0.258 e. The van der Waals surface area contributed by atoms with E-state index in [9.17, 15) is 4.79 Å². The quantitative estimate of drug-likeness (QED) is 0.712. The Morgan fingerprint density at radius 3 is 2.79 bits per heavy atom. The second-order valence-corrected chi connectivity index (χ2v) is 7.43. The third kappa shape index (κ3) is 4.04. The molecular formula is C21H23ClN4O2. The number of hydrogen-bond acceptors (Lipinski definition) is 4. The molecule has 7 heteroatoms. The number of anilines is 1. The van der Waals surface area contributed by atoms with Crippen LogP contribution in [-0.2, 0) is 11.3 Å². The molecule has 1 aromatic heterocycles. The number of rotatable bonds is 5. The van der Waals surface area contributed by atoms with Gasteiger partial charge in [-0.1, -0.05) is 29.8 Å². The molecule has 146 valence electrons. The van der Waals surface area contributed by atoms with Crippen LogP contribution in [0.25, 0.3) is 11.0 Å². The Morgan fingerprint density at radius 2 is 2.00 bits per heavy atom. The lowest BCUT2D eigenvalue weighted by atomic mass is 10.2. The molecule has 2 heterocycles. The Bertz CT molecular complexity index is 981. The largest absolute Gasteiger partial charge is 0.379 e.